The van der Waals surface area contributed by atoms with Crippen molar-refractivity contribution in [2.45, 2.75) is 33.7 Å². The second-order valence-corrected chi connectivity index (χ2v) is 3.81. The van der Waals surface area contributed by atoms with Gasteiger partial charge in [0.1, 0.15) is 5.76 Å². The van der Waals surface area contributed by atoms with E-state index in [9.17, 15) is 14.4 Å². The molecule has 0 radical (unpaired) electrons. The smallest absolute Gasteiger partial charge is 0.396 e. The number of rotatable bonds is 5. The van der Waals surface area contributed by atoms with E-state index in [1.54, 1.807) is 6.92 Å². The molecule has 1 rings (SSSR count). The van der Waals surface area contributed by atoms with Crippen molar-refractivity contribution in [3.63, 3.8) is 0 Å². The fourth-order valence-electron chi connectivity index (χ4n) is 1.30. The van der Waals surface area contributed by atoms with E-state index in [0.717, 1.165) is 4.90 Å². The van der Waals surface area contributed by atoms with Gasteiger partial charge in [-0.25, -0.2) is 4.79 Å². The van der Waals surface area contributed by atoms with Gasteiger partial charge in [-0.1, -0.05) is 13.8 Å². The number of hydrogen-bond donors (Lipinski definition) is 0. The summed E-state index contributed by atoms with van der Waals surface area (Å²) in [7, 11) is 0. The SMILES string of the molecule is CCC(C)C(=O)N(C=O)Cc1oc(=O)oc1C. The molecule has 0 spiro atoms. The minimum Gasteiger partial charge on any atom is -0.396 e. The minimum atomic E-state index is -0.834. The molecule has 1 unspecified atom stereocenters. The Kier molecular flexibility index (Phi) is 4.25. The maximum absolute atomic E-state index is 11.8. The van der Waals surface area contributed by atoms with Crippen LogP contribution >= 0.6 is 0 Å². The Labute approximate surface area is 98.2 Å². The van der Waals surface area contributed by atoms with Crippen LogP contribution in [-0.2, 0) is 16.1 Å². The van der Waals surface area contributed by atoms with Gasteiger partial charge in [-0.15, -0.1) is 0 Å². The first-order valence-electron chi connectivity index (χ1n) is 5.34. The minimum absolute atomic E-state index is 0.0791. The van der Waals surface area contributed by atoms with E-state index in [2.05, 4.69) is 4.42 Å². The molecular weight excluding hydrogens is 226 g/mol. The van der Waals surface area contributed by atoms with Crippen LogP contribution in [0, 0.1) is 12.8 Å². The van der Waals surface area contributed by atoms with Crippen LogP contribution in [0.25, 0.3) is 0 Å². The molecule has 6 nitrogen and oxygen atoms in total. The van der Waals surface area contributed by atoms with E-state index in [4.69, 9.17) is 4.42 Å². The first-order valence-corrected chi connectivity index (χ1v) is 5.34. The van der Waals surface area contributed by atoms with Crippen LogP contribution in [0.2, 0.25) is 0 Å². The lowest BCUT2D eigenvalue weighted by molar-refractivity contribution is -0.142. The van der Waals surface area contributed by atoms with Crippen LogP contribution in [0.15, 0.2) is 13.6 Å². The first-order chi connectivity index (χ1) is 7.99. The fraction of sp³-hybridized carbons (Fsp3) is 0.545. The molecule has 1 heterocycles. The first kappa shape index (κ1) is 13.2. The number of nitrogens with zero attached hydrogens (tertiary/aromatic N) is 1. The zero-order chi connectivity index (χ0) is 13.0. The number of hydrogen-bond acceptors (Lipinski definition) is 5. The second kappa shape index (κ2) is 5.47. The highest BCUT2D eigenvalue weighted by atomic mass is 16.6. The van der Waals surface area contributed by atoms with Gasteiger partial charge in [-0.3, -0.25) is 14.5 Å². The summed E-state index contributed by atoms with van der Waals surface area (Å²) in [5.41, 5.74) is 0. The number of amides is 2. The number of imide groups is 1. The van der Waals surface area contributed by atoms with Crippen molar-refractivity contribution in [2.75, 3.05) is 0 Å². The van der Waals surface area contributed by atoms with Gasteiger partial charge in [-0.2, -0.15) is 0 Å². The van der Waals surface area contributed by atoms with E-state index >= 15 is 0 Å². The molecule has 0 aliphatic carbocycles. The fourth-order valence-corrected chi connectivity index (χ4v) is 1.30. The van der Waals surface area contributed by atoms with E-state index in [0.29, 0.717) is 12.8 Å². The van der Waals surface area contributed by atoms with Crippen molar-refractivity contribution in [2.24, 2.45) is 5.92 Å². The highest BCUT2D eigenvalue weighted by molar-refractivity contribution is 5.87. The Hall–Kier alpha value is -1.85. The lowest BCUT2D eigenvalue weighted by Gasteiger charge is -2.17. The third-order valence-corrected chi connectivity index (χ3v) is 2.59. The van der Waals surface area contributed by atoms with Crippen molar-refractivity contribution in [3.8, 4) is 0 Å². The maximum Gasteiger partial charge on any atom is 0.519 e. The van der Waals surface area contributed by atoms with E-state index in [1.807, 2.05) is 6.92 Å². The Bertz CT molecular complexity index is 459. The molecule has 0 N–H and O–H groups in total. The van der Waals surface area contributed by atoms with E-state index in [1.165, 1.54) is 6.92 Å². The molecule has 0 saturated carbocycles. The van der Waals surface area contributed by atoms with Gasteiger partial charge < -0.3 is 8.83 Å². The van der Waals surface area contributed by atoms with Crippen LogP contribution in [0.1, 0.15) is 31.8 Å². The monoisotopic (exact) mass is 241 g/mol. The van der Waals surface area contributed by atoms with Gasteiger partial charge in [0.05, 0.1) is 6.54 Å². The van der Waals surface area contributed by atoms with E-state index < -0.39 is 5.82 Å². The Morgan fingerprint density at radius 1 is 1.47 bits per heavy atom. The lowest BCUT2D eigenvalue weighted by atomic mass is 10.1. The molecule has 0 bridgehead atoms. The highest BCUT2D eigenvalue weighted by Crippen LogP contribution is 2.12. The highest BCUT2D eigenvalue weighted by Gasteiger charge is 2.21. The van der Waals surface area contributed by atoms with Gasteiger partial charge >= 0.3 is 5.82 Å². The standard InChI is InChI=1S/C11H15NO5/c1-4-7(2)10(14)12(6-13)5-9-8(3)16-11(15)17-9/h6-7H,4-5H2,1-3H3. The van der Waals surface area contributed by atoms with Crippen LogP contribution in [0.3, 0.4) is 0 Å². The summed E-state index contributed by atoms with van der Waals surface area (Å²) in [5.74, 6) is -0.915. The van der Waals surface area contributed by atoms with Gasteiger partial charge in [-0.05, 0) is 13.3 Å². The van der Waals surface area contributed by atoms with Gasteiger partial charge in [0.15, 0.2) is 5.76 Å². The molecule has 0 aliphatic heterocycles. The van der Waals surface area contributed by atoms with Crippen molar-refractivity contribution < 1.29 is 18.4 Å². The summed E-state index contributed by atoms with van der Waals surface area (Å²) in [6.07, 6.45) is 1.07. The topological polar surface area (TPSA) is 80.7 Å². The number of carbonyl (C=O) groups excluding carboxylic acids is 2. The Morgan fingerprint density at radius 2 is 2.12 bits per heavy atom. The van der Waals surface area contributed by atoms with Crippen LogP contribution in [0.5, 0.6) is 0 Å². The van der Waals surface area contributed by atoms with Crippen molar-refractivity contribution in [3.05, 3.63) is 22.1 Å². The van der Waals surface area contributed by atoms with Crippen molar-refractivity contribution in [1.82, 2.24) is 4.90 Å². The van der Waals surface area contributed by atoms with Crippen molar-refractivity contribution >= 4 is 12.3 Å². The molecule has 1 aromatic rings. The molecule has 2 amide bonds. The van der Waals surface area contributed by atoms with Crippen molar-refractivity contribution in [1.29, 1.82) is 0 Å². The predicted molar refractivity (Wildman–Crippen MR) is 58.1 cm³/mol. The zero-order valence-electron chi connectivity index (χ0n) is 10.1. The quantitative estimate of drug-likeness (QED) is 0.720. The van der Waals surface area contributed by atoms with Crippen LogP contribution < -0.4 is 5.82 Å². The molecule has 94 valence electrons. The Balaban J connectivity index is 2.84. The molecule has 1 atom stereocenters. The molecule has 0 aromatic carbocycles. The van der Waals surface area contributed by atoms with E-state index in [-0.39, 0.29) is 29.9 Å². The Morgan fingerprint density at radius 3 is 2.53 bits per heavy atom. The molecule has 6 heteroatoms. The largest absolute Gasteiger partial charge is 0.519 e. The maximum atomic E-state index is 11.8. The normalized spacial score (nSPS) is 12.2. The average Bonchev–Trinajstić information content (AvgIpc) is 2.62. The van der Waals surface area contributed by atoms with Gasteiger partial charge in [0.2, 0.25) is 12.3 Å². The second-order valence-electron chi connectivity index (χ2n) is 3.81. The lowest BCUT2D eigenvalue weighted by Crippen LogP contribution is -2.33. The van der Waals surface area contributed by atoms with Gasteiger partial charge in [0.25, 0.3) is 0 Å². The average molecular weight is 241 g/mol. The third-order valence-electron chi connectivity index (χ3n) is 2.59. The molecule has 0 saturated heterocycles. The summed E-state index contributed by atoms with van der Waals surface area (Å²) in [4.78, 5) is 34.4. The molecule has 0 aliphatic rings. The molecule has 17 heavy (non-hydrogen) atoms. The summed E-state index contributed by atoms with van der Waals surface area (Å²) in [5, 5.41) is 0. The van der Waals surface area contributed by atoms with Crippen LogP contribution in [-0.4, -0.2) is 17.2 Å². The van der Waals surface area contributed by atoms with Crippen LogP contribution in [0.4, 0.5) is 0 Å². The number of carbonyl (C=O) groups is 2. The zero-order valence-corrected chi connectivity index (χ0v) is 10.1. The molecule has 1 aromatic heterocycles. The summed E-state index contributed by atoms with van der Waals surface area (Å²) in [6, 6.07) is 0. The number of aryl methyl sites for hydroxylation is 1. The summed E-state index contributed by atoms with van der Waals surface area (Å²) < 4.78 is 9.39. The molecule has 0 fully saturated rings. The molecular formula is C11H15NO5. The summed E-state index contributed by atoms with van der Waals surface area (Å²) in [6.45, 7) is 5.05. The van der Waals surface area contributed by atoms with Gasteiger partial charge in [0, 0.05) is 5.92 Å². The summed E-state index contributed by atoms with van der Waals surface area (Å²) >= 11 is 0. The third kappa shape index (κ3) is 3.05. The predicted octanol–water partition coefficient (Wildman–Crippen LogP) is 1.07.